The minimum absolute atomic E-state index is 0.132. The van der Waals surface area contributed by atoms with Crippen molar-refractivity contribution in [3.8, 4) is 0 Å². The van der Waals surface area contributed by atoms with E-state index < -0.39 is 5.82 Å². The van der Waals surface area contributed by atoms with Crippen LogP contribution in [0.1, 0.15) is 44.0 Å². The molecule has 1 aliphatic heterocycles. The SMILES string of the molecule is CCNc1ncc(F)cc1C(=O)N1CCC(C)CC1C. The fourth-order valence-corrected chi connectivity index (χ4v) is 2.77. The molecule has 2 atom stereocenters. The van der Waals surface area contributed by atoms with Crippen molar-refractivity contribution in [2.24, 2.45) is 5.92 Å². The summed E-state index contributed by atoms with van der Waals surface area (Å²) in [5.74, 6) is 0.484. The Kier molecular flexibility index (Phi) is 4.57. The normalized spacial score (nSPS) is 22.7. The van der Waals surface area contributed by atoms with Crippen molar-refractivity contribution in [1.29, 1.82) is 0 Å². The maximum atomic E-state index is 13.4. The number of piperidine rings is 1. The van der Waals surface area contributed by atoms with E-state index in [1.54, 1.807) is 0 Å². The molecule has 5 heteroatoms. The molecule has 0 aliphatic carbocycles. The summed E-state index contributed by atoms with van der Waals surface area (Å²) in [6, 6.07) is 1.46. The van der Waals surface area contributed by atoms with Gasteiger partial charge in [-0.2, -0.15) is 0 Å². The lowest BCUT2D eigenvalue weighted by molar-refractivity contribution is 0.0588. The van der Waals surface area contributed by atoms with Crippen molar-refractivity contribution in [3.05, 3.63) is 23.6 Å². The van der Waals surface area contributed by atoms with E-state index in [0.717, 1.165) is 25.6 Å². The number of amides is 1. The van der Waals surface area contributed by atoms with Gasteiger partial charge in [0.15, 0.2) is 0 Å². The van der Waals surface area contributed by atoms with Crippen LogP contribution in [0, 0.1) is 11.7 Å². The molecule has 2 heterocycles. The zero-order chi connectivity index (χ0) is 14.7. The molecule has 0 radical (unpaired) electrons. The van der Waals surface area contributed by atoms with Crippen LogP contribution in [0.3, 0.4) is 0 Å². The Morgan fingerprint density at radius 2 is 2.30 bits per heavy atom. The zero-order valence-corrected chi connectivity index (χ0v) is 12.3. The van der Waals surface area contributed by atoms with Gasteiger partial charge in [0.2, 0.25) is 0 Å². The van der Waals surface area contributed by atoms with Crippen molar-refractivity contribution in [2.75, 3.05) is 18.4 Å². The summed E-state index contributed by atoms with van der Waals surface area (Å²) < 4.78 is 13.4. The number of rotatable bonds is 3. The lowest BCUT2D eigenvalue weighted by atomic mass is 9.93. The van der Waals surface area contributed by atoms with Crippen molar-refractivity contribution < 1.29 is 9.18 Å². The lowest BCUT2D eigenvalue weighted by Gasteiger charge is -2.36. The highest BCUT2D eigenvalue weighted by molar-refractivity contribution is 5.99. The predicted octanol–water partition coefficient (Wildman–Crippen LogP) is 2.91. The number of hydrogen-bond donors (Lipinski definition) is 1. The number of nitrogens with one attached hydrogen (secondary N) is 1. The molecule has 2 rings (SSSR count). The van der Waals surface area contributed by atoms with E-state index in [0.29, 0.717) is 23.8 Å². The zero-order valence-electron chi connectivity index (χ0n) is 12.3. The molecule has 1 N–H and O–H groups in total. The highest BCUT2D eigenvalue weighted by Crippen LogP contribution is 2.25. The molecule has 110 valence electrons. The van der Waals surface area contributed by atoms with Crippen LogP contribution in [0.2, 0.25) is 0 Å². The average molecular weight is 279 g/mol. The van der Waals surface area contributed by atoms with Gasteiger partial charge in [0.25, 0.3) is 5.91 Å². The monoisotopic (exact) mass is 279 g/mol. The third-order valence-corrected chi connectivity index (χ3v) is 3.83. The van der Waals surface area contributed by atoms with Crippen LogP contribution in [0.15, 0.2) is 12.3 Å². The Labute approximate surface area is 119 Å². The Bertz CT molecular complexity index is 492. The minimum atomic E-state index is -0.479. The molecule has 0 saturated carbocycles. The highest BCUT2D eigenvalue weighted by atomic mass is 19.1. The summed E-state index contributed by atoms with van der Waals surface area (Å²) in [6.07, 6.45) is 3.12. The summed E-state index contributed by atoms with van der Waals surface area (Å²) in [4.78, 5) is 18.5. The second-order valence-corrected chi connectivity index (χ2v) is 5.56. The van der Waals surface area contributed by atoms with Crippen LogP contribution in [-0.4, -0.2) is 34.9 Å². The third kappa shape index (κ3) is 3.08. The molecule has 1 amide bonds. The number of carbonyl (C=O) groups is 1. The van der Waals surface area contributed by atoms with Gasteiger partial charge in [0.05, 0.1) is 11.8 Å². The number of nitrogens with zero attached hydrogens (tertiary/aromatic N) is 2. The van der Waals surface area contributed by atoms with Crippen molar-refractivity contribution >= 4 is 11.7 Å². The summed E-state index contributed by atoms with van der Waals surface area (Å²) in [5.41, 5.74) is 0.327. The Morgan fingerprint density at radius 3 is 2.95 bits per heavy atom. The first kappa shape index (κ1) is 14.8. The van der Waals surface area contributed by atoms with E-state index in [-0.39, 0.29) is 11.9 Å². The van der Waals surface area contributed by atoms with Crippen molar-refractivity contribution in [3.63, 3.8) is 0 Å². The van der Waals surface area contributed by atoms with Gasteiger partial charge in [0, 0.05) is 19.1 Å². The van der Waals surface area contributed by atoms with E-state index in [9.17, 15) is 9.18 Å². The molecule has 2 unspecified atom stereocenters. The van der Waals surface area contributed by atoms with Crippen molar-refractivity contribution in [2.45, 2.75) is 39.7 Å². The summed E-state index contributed by atoms with van der Waals surface area (Å²) >= 11 is 0. The maximum absolute atomic E-state index is 13.4. The largest absolute Gasteiger partial charge is 0.370 e. The number of pyridine rings is 1. The highest BCUT2D eigenvalue weighted by Gasteiger charge is 2.29. The number of halogens is 1. The molecule has 4 nitrogen and oxygen atoms in total. The number of aromatic nitrogens is 1. The van der Waals surface area contributed by atoms with Crippen LogP contribution >= 0.6 is 0 Å². The van der Waals surface area contributed by atoms with Gasteiger partial charge in [-0.25, -0.2) is 9.37 Å². The van der Waals surface area contributed by atoms with Gasteiger partial charge in [-0.3, -0.25) is 4.79 Å². The molecule has 1 aliphatic rings. The quantitative estimate of drug-likeness (QED) is 0.925. The van der Waals surface area contributed by atoms with E-state index >= 15 is 0 Å². The topological polar surface area (TPSA) is 45.2 Å². The molecule has 1 aromatic rings. The average Bonchev–Trinajstić information content (AvgIpc) is 2.40. The lowest BCUT2D eigenvalue weighted by Crippen LogP contribution is -2.44. The number of hydrogen-bond acceptors (Lipinski definition) is 3. The molecule has 0 bridgehead atoms. The second-order valence-electron chi connectivity index (χ2n) is 5.56. The fourth-order valence-electron chi connectivity index (χ4n) is 2.77. The molecular weight excluding hydrogens is 257 g/mol. The van der Waals surface area contributed by atoms with Crippen LogP contribution in [0.4, 0.5) is 10.2 Å². The van der Waals surface area contributed by atoms with E-state index in [2.05, 4.69) is 17.2 Å². The first-order chi connectivity index (χ1) is 9.52. The maximum Gasteiger partial charge on any atom is 0.257 e. The summed E-state index contributed by atoms with van der Waals surface area (Å²) in [5, 5.41) is 3.02. The Balaban J connectivity index is 2.26. The van der Waals surface area contributed by atoms with Gasteiger partial charge in [-0.1, -0.05) is 6.92 Å². The van der Waals surface area contributed by atoms with E-state index in [1.165, 1.54) is 6.07 Å². The standard InChI is InChI=1S/C15H22FN3O/c1-4-17-14-13(8-12(16)9-18-14)15(20)19-6-5-10(2)7-11(19)3/h8-11H,4-7H2,1-3H3,(H,17,18). The van der Waals surface area contributed by atoms with Gasteiger partial charge >= 0.3 is 0 Å². The van der Waals surface area contributed by atoms with Crippen LogP contribution in [0.5, 0.6) is 0 Å². The summed E-state index contributed by atoms with van der Waals surface area (Å²) in [6.45, 7) is 7.54. The fraction of sp³-hybridized carbons (Fsp3) is 0.600. The van der Waals surface area contributed by atoms with Gasteiger partial charge < -0.3 is 10.2 Å². The Morgan fingerprint density at radius 1 is 1.55 bits per heavy atom. The van der Waals surface area contributed by atoms with Crippen LogP contribution < -0.4 is 5.32 Å². The minimum Gasteiger partial charge on any atom is -0.370 e. The van der Waals surface area contributed by atoms with Gasteiger partial charge in [-0.15, -0.1) is 0 Å². The predicted molar refractivity (Wildman–Crippen MR) is 77.3 cm³/mol. The van der Waals surface area contributed by atoms with Crippen LogP contribution in [-0.2, 0) is 0 Å². The third-order valence-electron chi connectivity index (χ3n) is 3.83. The number of anilines is 1. The Hall–Kier alpha value is -1.65. The number of carbonyl (C=O) groups excluding carboxylic acids is 1. The summed E-state index contributed by atoms with van der Waals surface area (Å²) in [7, 11) is 0. The molecule has 0 aromatic carbocycles. The first-order valence-corrected chi connectivity index (χ1v) is 7.23. The molecule has 1 saturated heterocycles. The first-order valence-electron chi connectivity index (χ1n) is 7.23. The number of likely N-dealkylation sites (tertiary alicyclic amines) is 1. The van der Waals surface area contributed by atoms with E-state index in [1.807, 2.05) is 18.7 Å². The van der Waals surface area contributed by atoms with E-state index in [4.69, 9.17) is 0 Å². The second kappa shape index (κ2) is 6.20. The van der Waals surface area contributed by atoms with Gasteiger partial charge in [0.1, 0.15) is 11.6 Å². The smallest absolute Gasteiger partial charge is 0.257 e. The van der Waals surface area contributed by atoms with Crippen molar-refractivity contribution in [1.82, 2.24) is 9.88 Å². The molecular formula is C15H22FN3O. The molecule has 20 heavy (non-hydrogen) atoms. The van der Waals surface area contributed by atoms with Gasteiger partial charge in [-0.05, 0) is 38.7 Å². The van der Waals surface area contributed by atoms with Crippen LogP contribution in [0.25, 0.3) is 0 Å². The molecule has 0 spiro atoms. The molecule has 1 fully saturated rings. The molecule has 1 aromatic heterocycles.